The molecule has 0 saturated carbocycles. The van der Waals surface area contributed by atoms with Gasteiger partial charge in [0.2, 0.25) is 0 Å². The Morgan fingerprint density at radius 1 is 1.14 bits per heavy atom. The summed E-state index contributed by atoms with van der Waals surface area (Å²) in [5.74, 6) is 0.321. The van der Waals surface area contributed by atoms with Gasteiger partial charge in [0.15, 0.2) is 0 Å². The summed E-state index contributed by atoms with van der Waals surface area (Å²) in [6.07, 6.45) is 3.08. The van der Waals surface area contributed by atoms with Crippen molar-refractivity contribution in [1.29, 1.82) is 0 Å². The number of benzene rings is 1. The van der Waals surface area contributed by atoms with Crippen LogP contribution in [0.5, 0.6) is 0 Å². The number of imide groups is 1. The fourth-order valence-electron chi connectivity index (χ4n) is 1.88. The molecule has 1 aromatic carbocycles. The van der Waals surface area contributed by atoms with E-state index in [1.165, 1.54) is 9.91 Å². The molecule has 0 radical (unpaired) electrons. The van der Waals surface area contributed by atoms with E-state index in [1.807, 2.05) is 30.3 Å². The molecular formula is C14H18Cl3N3O2. The Kier molecular flexibility index (Phi) is 9.81. The quantitative estimate of drug-likeness (QED) is 0.336. The second kappa shape index (κ2) is 10.4. The second-order valence-corrected chi connectivity index (χ2v) is 4.81. The number of hydrogen-bond donors (Lipinski definition) is 0. The van der Waals surface area contributed by atoms with Gasteiger partial charge in [-0.1, -0.05) is 30.3 Å². The number of carbonyl (C=O) groups excluding carboxylic acids is 2. The standard InChI is InChI=1S/C14H16ClN3O2.2ClH/c15-8-4-5-9-17-13(19)11-18(14(17)20)16-10-12-6-2-1-3-7-12;;/h1-3,6-7,10H,4-5,8-9,11H2;2*1H. The summed E-state index contributed by atoms with van der Waals surface area (Å²) < 4.78 is 0. The van der Waals surface area contributed by atoms with E-state index in [-0.39, 0.29) is 43.3 Å². The zero-order valence-corrected chi connectivity index (χ0v) is 14.2. The van der Waals surface area contributed by atoms with Crippen molar-refractivity contribution in [2.24, 2.45) is 5.10 Å². The third-order valence-corrected chi connectivity index (χ3v) is 3.22. The van der Waals surface area contributed by atoms with Gasteiger partial charge in [0.25, 0.3) is 5.91 Å². The Labute approximate surface area is 147 Å². The number of hydrogen-bond acceptors (Lipinski definition) is 3. The number of amides is 3. The molecule has 0 aromatic heterocycles. The highest BCUT2D eigenvalue weighted by molar-refractivity contribution is 6.17. The summed E-state index contributed by atoms with van der Waals surface area (Å²) >= 11 is 5.58. The van der Waals surface area contributed by atoms with Gasteiger partial charge in [0.1, 0.15) is 6.54 Å². The van der Waals surface area contributed by atoms with Crippen LogP contribution in [0.1, 0.15) is 18.4 Å². The van der Waals surface area contributed by atoms with Gasteiger partial charge in [0.05, 0.1) is 6.21 Å². The first-order valence-electron chi connectivity index (χ1n) is 6.49. The van der Waals surface area contributed by atoms with Crippen molar-refractivity contribution in [2.45, 2.75) is 12.8 Å². The van der Waals surface area contributed by atoms with Crippen LogP contribution in [0, 0.1) is 0 Å². The molecule has 1 fully saturated rings. The predicted molar refractivity (Wildman–Crippen MR) is 92.3 cm³/mol. The van der Waals surface area contributed by atoms with Crippen LogP contribution in [0.15, 0.2) is 35.4 Å². The molecule has 0 atom stereocenters. The van der Waals surface area contributed by atoms with E-state index in [0.717, 1.165) is 18.4 Å². The average Bonchev–Trinajstić information content (AvgIpc) is 2.74. The Hall–Kier alpha value is -1.30. The topological polar surface area (TPSA) is 53.0 Å². The van der Waals surface area contributed by atoms with E-state index in [1.54, 1.807) is 6.21 Å². The minimum absolute atomic E-state index is 0. The Morgan fingerprint density at radius 2 is 1.82 bits per heavy atom. The molecule has 5 nitrogen and oxygen atoms in total. The molecule has 0 bridgehead atoms. The fourth-order valence-corrected chi connectivity index (χ4v) is 2.07. The van der Waals surface area contributed by atoms with Crippen LogP contribution in [0.3, 0.4) is 0 Å². The summed E-state index contributed by atoms with van der Waals surface area (Å²) in [6.45, 7) is 0.408. The molecule has 22 heavy (non-hydrogen) atoms. The summed E-state index contributed by atoms with van der Waals surface area (Å²) in [6, 6.07) is 9.07. The molecule has 0 unspecified atom stereocenters. The molecule has 0 aliphatic carbocycles. The monoisotopic (exact) mass is 365 g/mol. The lowest BCUT2D eigenvalue weighted by molar-refractivity contribution is -0.125. The minimum Gasteiger partial charge on any atom is -0.272 e. The van der Waals surface area contributed by atoms with E-state index < -0.39 is 0 Å². The number of nitrogens with zero attached hydrogens (tertiary/aromatic N) is 3. The van der Waals surface area contributed by atoms with Crippen LogP contribution in [0.25, 0.3) is 0 Å². The molecular weight excluding hydrogens is 349 g/mol. The fraction of sp³-hybridized carbons (Fsp3) is 0.357. The van der Waals surface area contributed by atoms with Crippen LogP contribution in [0.2, 0.25) is 0 Å². The first-order valence-corrected chi connectivity index (χ1v) is 7.02. The highest BCUT2D eigenvalue weighted by Crippen LogP contribution is 2.12. The second-order valence-electron chi connectivity index (χ2n) is 4.44. The SMILES string of the molecule is Cl.Cl.O=C1CN(N=Cc2ccccc2)C(=O)N1CCCCCl. The summed E-state index contributed by atoms with van der Waals surface area (Å²) in [7, 11) is 0. The van der Waals surface area contributed by atoms with Gasteiger partial charge in [-0.15, -0.1) is 36.4 Å². The molecule has 1 saturated heterocycles. The van der Waals surface area contributed by atoms with E-state index in [2.05, 4.69) is 5.10 Å². The van der Waals surface area contributed by atoms with Crippen molar-refractivity contribution in [3.8, 4) is 0 Å². The van der Waals surface area contributed by atoms with Gasteiger partial charge >= 0.3 is 6.03 Å². The van der Waals surface area contributed by atoms with E-state index in [4.69, 9.17) is 11.6 Å². The largest absolute Gasteiger partial charge is 0.347 e. The predicted octanol–water partition coefficient (Wildman–Crippen LogP) is 3.15. The van der Waals surface area contributed by atoms with Crippen molar-refractivity contribution < 1.29 is 9.59 Å². The van der Waals surface area contributed by atoms with Crippen molar-refractivity contribution in [2.75, 3.05) is 19.0 Å². The van der Waals surface area contributed by atoms with Gasteiger partial charge < -0.3 is 0 Å². The normalized spacial score (nSPS) is 14.2. The van der Waals surface area contributed by atoms with Crippen LogP contribution < -0.4 is 0 Å². The molecule has 1 aromatic rings. The summed E-state index contributed by atoms with van der Waals surface area (Å²) in [5.41, 5.74) is 0.883. The van der Waals surface area contributed by atoms with E-state index in [9.17, 15) is 9.59 Å². The Balaban J connectivity index is 0.00000220. The first-order chi connectivity index (χ1) is 9.72. The van der Waals surface area contributed by atoms with Gasteiger partial charge in [-0.3, -0.25) is 9.69 Å². The van der Waals surface area contributed by atoms with Crippen molar-refractivity contribution in [3.63, 3.8) is 0 Å². The number of carbonyl (C=O) groups is 2. The Morgan fingerprint density at radius 3 is 2.45 bits per heavy atom. The number of hydrazone groups is 1. The van der Waals surface area contributed by atoms with Crippen LogP contribution in [0.4, 0.5) is 4.79 Å². The lowest BCUT2D eigenvalue weighted by Crippen LogP contribution is -2.32. The molecule has 1 aliphatic rings. The maximum atomic E-state index is 12.0. The molecule has 122 valence electrons. The lowest BCUT2D eigenvalue weighted by atomic mass is 10.2. The highest BCUT2D eigenvalue weighted by atomic mass is 35.5. The molecule has 1 heterocycles. The van der Waals surface area contributed by atoms with E-state index >= 15 is 0 Å². The number of unbranched alkanes of at least 4 members (excludes halogenated alkanes) is 1. The van der Waals surface area contributed by atoms with E-state index in [0.29, 0.717) is 12.4 Å². The average molecular weight is 367 g/mol. The smallest absolute Gasteiger partial charge is 0.272 e. The van der Waals surface area contributed by atoms with Crippen molar-refractivity contribution in [3.05, 3.63) is 35.9 Å². The zero-order chi connectivity index (χ0) is 14.4. The van der Waals surface area contributed by atoms with Crippen molar-refractivity contribution in [1.82, 2.24) is 9.91 Å². The number of halogens is 3. The zero-order valence-electron chi connectivity index (χ0n) is 11.9. The van der Waals surface area contributed by atoms with Crippen LogP contribution in [-0.2, 0) is 4.79 Å². The van der Waals surface area contributed by atoms with Gasteiger partial charge in [0, 0.05) is 12.4 Å². The Bertz CT molecular complexity index is 511. The number of urea groups is 1. The first kappa shape index (κ1) is 20.7. The molecule has 1 aliphatic heterocycles. The van der Waals surface area contributed by atoms with Crippen LogP contribution >= 0.6 is 36.4 Å². The molecule has 3 amide bonds. The maximum Gasteiger partial charge on any atom is 0.347 e. The third kappa shape index (κ3) is 5.48. The molecule has 2 rings (SSSR count). The molecule has 0 spiro atoms. The third-order valence-electron chi connectivity index (χ3n) is 2.95. The van der Waals surface area contributed by atoms with Gasteiger partial charge in [-0.05, 0) is 18.4 Å². The van der Waals surface area contributed by atoms with Crippen LogP contribution in [-0.4, -0.2) is 47.0 Å². The minimum atomic E-state index is -0.364. The molecule has 0 N–H and O–H groups in total. The van der Waals surface area contributed by atoms with Gasteiger partial charge in [-0.25, -0.2) is 9.80 Å². The van der Waals surface area contributed by atoms with Gasteiger partial charge in [-0.2, -0.15) is 5.10 Å². The lowest BCUT2D eigenvalue weighted by Gasteiger charge is -2.13. The molecule has 8 heteroatoms. The summed E-state index contributed by atoms with van der Waals surface area (Å²) in [5, 5.41) is 5.26. The number of alkyl halides is 1. The highest BCUT2D eigenvalue weighted by Gasteiger charge is 2.35. The van der Waals surface area contributed by atoms with Crippen molar-refractivity contribution >= 4 is 54.6 Å². The number of rotatable bonds is 6. The maximum absolute atomic E-state index is 12.0. The summed E-state index contributed by atoms with van der Waals surface area (Å²) in [4.78, 5) is 25.0.